The van der Waals surface area contributed by atoms with Crippen LogP contribution in [0.25, 0.3) is 0 Å². The minimum atomic E-state index is -0.514. The summed E-state index contributed by atoms with van der Waals surface area (Å²) in [7, 11) is 0. The van der Waals surface area contributed by atoms with Crippen molar-refractivity contribution in [1.82, 2.24) is 5.06 Å². The largest absolute Gasteiger partial charge is 0.379 e. The van der Waals surface area contributed by atoms with Crippen LogP contribution >= 0.6 is 0 Å². The average Bonchev–Trinajstić information content (AvgIpc) is 3.01. The highest BCUT2D eigenvalue weighted by atomic mass is 16.7. The summed E-state index contributed by atoms with van der Waals surface area (Å²) >= 11 is 0. The molecule has 6 heteroatoms. The normalized spacial score (nSPS) is 26.9. The van der Waals surface area contributed by atoms with E-state index in [1.165, 1.54) is 90.4 Å². The maximum Gasteiger partial charge on any atom is 0.322 e. The van der Waals surface area contributed by atoms with E-state index in [4.69, 9.17) is 14.3 Å². The summed E-state index contributed by atoms with van der Waals surface area (Å²) in [6.07, 6.45) is 24.4. The van der Waals surface area contributed by atoms with Crippen LogP contribution in [0.4, 0.5) is 0 Å². The summed E-state index contributed by atoms with van der Waals surface area (Å²) in [5.41, 5.74) is -1.21. The van der Waals surface area contributed by atoms with Crippen molar-refractivity contribution < 1.29 is 23.9 Å². The van der Waals surface area contributed by atoms with E-state index in [1.54, 1.807) is 0 Å². The Morgan fingerprint density at radius 3 is 1.68 bits per heavy atom. The van der Waals surface area contributed by atoms with Crippen molar-refractivity contribution in [3.63, 3.8) is 0 Å². The van der Waals surface area contributed by atoms with Crippen molar-refractivity contribution in [1.29, 1.82) is 0 Å². The van der Waals surface area contributed by atoms with Crippen LogP contribution < -0.4 is 0 Å². The molecule has 0 bridgehead atoms. The first-order chi connectivity index (χ1) is 21.0. The number of ketones is 1. The molecular formula is C38H73NO5. The maximum absolute atomic E-state index is 12.9. The van der Waals surface area contributed by atoms with Crippen LogP contribution in [0, 0.1) is 5.41 Å². The summed E-state index contributed by atoms with van der Waals surface area (Å²) in [5, 5.41) is 1.85. The van der Waals surface area contributed by atoms with Crippen LogP contribution in [0.2, 0.25) is 0 Å². The monoisotopic (exact) mass is 624 g/mol. The van der Waals surface area contributed by atoms with E-state index in [0.29, 0.717) is 38.4 Å². The molecule has 0 aromatic rings. The molecule has 1 fully saturated rings. The van der Waals surface area contributed by atoms with Crippen molar-refractivity contribution in [2.75, 3.05) is 19.8 Å². The minimum Gasteiger partial charge on any atom is -0.379 e. The number of Topliss-reactive ketones (excluding diaryl/α,β-unsaturated/α-hetero) is 1. The highest BCUT2D eigenvalue weighted by Gasteiger charge is 2.50. The Morgan fingerprint density at radius 2 is 1.23 bits per heavy atom. The molecule has 4 unspecified atom stereocenters. The smallest absolute Gasteiger partial charge is 0.322 e. The zero-order valence-electron chi connectivity index (χ0n) is 30.5. The second-order valence-corrected chi connectivity index (χ2v) is 14.5. The second-order valence-electron chi connectivity index (χ2n) is 14.5. The van der Waals surface area contributed by atoms with Gasteiger partial charge >= 0.3 is 5.97 Å². The van der Waals surface area contributed by atoms with Gasteiger partial charge in [0, 0.05) is 25.2 Å². The Labute approximate surface area is 273 Å². The standard InChI is InChI=1S/C38H73NO5/c1-9-13-14-15-16-17-18-19-20-21-22-23-24-25-26-27-35(41)28-29-38(12-4)31-42-30-36(7,10-2)39(44-34(6)40)37(8,11-3)33(5)43-32-38/h33H,9-32H2,1-8H3. The van der Waals surface area contributed by atoms with Gasteiger partial charge in [0.25, 0.3) is 0 Å². The molecule has 1 rings (SSSR count). The molecule has 4 atom stereocenters. The van der Waals surface area contributed by atoms with E-state index in [9.17, 15) is 9.59 Å². The lowest BCUT2D eigenvalue weighted by Crippen LogP contribution is -2.65. The molecule has 1 saturated heterocycles. The maximum atomic E-state index is 12.9. The van der Waals surface area contributed by atoms with E-state index in [0.717, 1.165) is 38.5 Å². The first-order valence-corrected chi connectivity index (χ1v) is 18.7. The third-order valence-corrected chi connectivity index (χ3v) is 10.7. The highest BCUT2D eigenvalue weighted by Crippen LogP contribution is 2.39. The Kier molecular flexibility index (Phi) is 21.0. The number of hydrogen-bond donors (Lipinski definition) is 0. The zero-order chi connectivity index (χ0) is 32.9. The fourth-order valence-corrected chi connectivity index (χ4v) is 6.62. The van der Waals surface area contributed by atoms with Crippen LogP contribution in [-0.2, 0) is 23.9 Å². The van der Waals surface area contributed by atoms with Crippen LogP contribution in [0.1, 0.15) is 190 Å². The molecule has 1 aliphatic heterocycles. The quantitative estimate of drug-likeness (QED) is 0.106. The third-order valence-electron chi connectivity index (χ3n) is 10.7. The van der Waals surface area contributed by atoms with Gasteiger partial charge in [-0.05, 0) is 52.9 Å². The molecule has 260 valence electrons. The number of unbranched alkanes of at least 4 members (excludes halogenated alkanes) is 14. The molecule has 1 heterocycles. The van der Waals surface area contributed by atoms with Gasteiger partial charge in [0.1, 0.15) is 5.78 Å². The van der Waals surface area contributed by atoms with Crippen LogP contribution in [0.5, 0.6) is 0 Å². The van der Waals surface area contributed by atoms with Crippen LogP contribution in [0.15, 0.2) is 0 Å². The lowest BCUT2D eigenvalue weighted by molar-refractivity contribution is -0.293. The topological polar surface area (TPSA) is 65.1 Å². The number of nitrogens with zero attached hydrogens (tertiary/aromatic N) is 1. The average molecular weight is 624 g/mol. The molecule has 0 aromatic carbocycles. The van der Waals surface area contributed by atoms with E-state index in [-0.39, 0.29) is 17.5 Å². The van der Waals surface area contributed by atoms with Gasteiger partial charge < -0.3 is 14.3 Å². The fourth-order valence-electron chi connectivity index (χ4n) is 6.62. The summed E-state index contributed by atoms with van der Waals surface area (Å²) in [6.45, 7) is 18.0. The molecule has 0 spiro atoms. The Bertz CT molecular complexity index is 774. The summed E-state index contributed by atoms with van der Waals surface area (Å²) in [4.78, 5) is 30.9. The second kappa shape index (κ2) is 22.5. The Morgan fingerprint density at radius 1 is 0.705 bits per heavy atom. The SMILES string of the molecule is CCCCCCCCCCCCCCCCCC(=O)CCC1(CC)COCC(C)(CC)N(OC(C)=O)C(C)(CC)C(C)OC1. The van der Waals surface area contributed by atoms with Gasteiger partial charge in [0.2, 0.25) is 0 Å². The first-order valence-electron chi connectivity index (χ1n) is 18.7. The van der Waals surface area contributed by atoms with E-state index in [1.807, 2.05) is 5.06 Å². The molecule has 6 nitrogen and oxygen atoms in total. The van der Waals surface area contributed by atoms with Gasteiger partial charge in [-0.3, -0.25) is 9.59 Å². The third kappa shape index (κ3) is 14.6. The highest BCUT2D eigenvalue weighted by molar-refractivity contribution is 5.78. The summed E-state index contributed by atoms with van der Waals surface area (Å²) < 4.78 is 13.0. The Balaban J connectivity index is 2.46. The molecule has 0 amide bonds. The van der Waals surface area contributed by atoms with Gasteiger partial charge in [-0.25, -0.2) is 0 Å². The number of hydrogen-bond acceptors (Lipinski definition) is 6. The fraction of sp³-hybridized carbons (Fsp3) is 0.947. The van der Waals surface area contributed by atoms with Gasteiger partial charge in [-0.15, -0.1) is 5.06 Å². The van der Waals surface area contributed by atoms with E-state index < -0.39 is 11.1 Å². The van der Waals surface area contributed by atoms with Crippen molar-refractivity contribution in [2.24, 2.45) is 5.41 Å². The molecule has 0 saturated carbocycles. The van der Waals surface area contributed by atoms with Crippen molar-refractivity contribution >= 4 is 11.8 Å². The molecule has 44 heavy (non-hydrogen) atoms. The van der Waals surface area contributed by atoms with Gasteiger partial charge in [-0.2, -0.15) is 0 Å². The molecule has 0 N–H and O–H groups in total. The van der Waals surface area contributed by atoms with Gasteiger partial charge in [0.15, 0.2) is 0 Å². The van der Waals surface area contributed by atoms with Gasteiger partial charge in [0.05, 0.1) is 37.0 Å². The predicted octanol–water partition coefficient (Wildman–Crippen LogP) is 10.5. The van der Waals surface area contributed by atoms with Crippen molar-refractivity contribution in [3.05, 3.63) is 0 Å². The summed E-state index contributed by atoms with van der Waals surface area (Å²) in [6, 6.07) is 0. The summed E-state index contributed by atoms with van der Waals surface area (Å²) in [5.74, 6) is 0.0413. The molecular weight excluding hydrogens is 550 g/mol. The molecule has 0 aliphatic carbocycles. The zero-order valence-corrected chi connectivity index (χ0v) is 30.5. The van der Waals surface area contributed by atoms with Crippen molar-refractivity contribution in [3.8, 4) is 0 Å². The van der Waals surface area contributed by atoms with Crippen molar-refractivity contribution in [2.45, 2.75) is 207 Å². The number of hydroxylamine groups is 2. The minimum absolute atomic E-state index is 0.169. The van der Waals surface area contributed by atoms with E-state index in [2.05, 4.69) is 48.5 Å². The number of carbonyl (C=O) groups excluding carboxylic acids is 2. The van der Waals surface area contributed by atoms with E-state index >= 15 is 0 Å². The van der Waals surface area contributed by atoms with Gasteiger partial charge in [-0.1, -0.05) is 118 Å². The predicted molar refractivity (Wildman–Crippen MR) is 184 cm³/mol. The number of rotatable bonds is 23. The molecule has 0 radical (unpaired) electrons. The lowest BCUT2D eigenvalue weighted by atomic mass is 9.80. The number of carbonyl (C=O) groups is 2. The molecule has 0 aromatic heterocycles. The molecule has 1 aliphatic rings. The van der Waals surface area contributed by atoms with Crippen LogP contribution in [0.3, 0.4) is 0 Å². The lowest BCUT2D eigenvalue weighted by Gasteiger charge is -2.52. The van der Waals surface area contributed by atoms with Crippen LogP contribution in [-0.4, -0.2) is 53.8 Å². The Hall–Kier alpha value is -0.980. The number of ether oxygens (including phenoxy) is 2. The first kappa shape index (κ1) is 41.0.